The first-order chi connectivity index (χ1) is 10.5. The number of nitrogens with zero attached hydrogens (tertiary/aromatic N) is 2. The highest BCUT2D eigenvalue weighted by Gasteiger charge is 2.28. The third kappa shape index (κ3) is 2.96. The van der Waals surface area contributed by atoms with Crippen molar-refractivity contribution < 1.29 is 18.8 Å². The molecule has 1 aromatic heterocycles. The summed E-state index contributed by atoms with van der Waals surface area (Å²) in [6.45, 7) is 0.0724. The molecule has 6 nitrogen and oxygen atoms in total. The summed E-state index contributed by atoms with van der Waals surface area (Å²) in [6.07, 6.45) is 0.440. The van der Waals surface area contributed by atoms with Gasteiger partial charge in [-0.15, -0.1) is 0 Å². The molecular weight excluding hydrogens is 309 g/mol. The molecule has 114 valence electrons. The maximum Gasteiger partial charge on any atom is 0.229 e. The van der Waals surface area contributed by atoms with E-state index in [1.165, 1.54) is 23.5 Å². The van der Waals surface area contributed by atoms with Crippen LogP contribution in [0.25, 0.3) is 10.2 Å². The number of hydrogen-bond donors (Lipinski definition) is 1. The van der Waals surface area contributed by atoms with Gasteiger partial charge in [-0.05, 0) is 18.2 Å². The van der Waals surface area contributed by atoms with Crippen molar-refractivity contribution in [1.82, 2.24) is 9.88 Å². The van der Waals surface area contributed by atoms with Gasteiger partial charge in [0.25, 0.3) is 0 Å². The molecule has 0 aliphatic carbocycles. The van der Waals surface area contributed by atoms with Crippen LogP contribution in [0.5, 0.6) is 0 Å². The zero-order valence-electron chi connectivity index (χ0n) is 11.5. The van der Waals surface area contributed by atoms with E-state index in [0.717, 1.165) is 4.90 Å². The summed E-state index contributed by atoms with van der Waals surface area (Å²) in [7, 11) is 0. The van der Waals surface area contributed by atoms with Crippen LogP contribution < -0.4 is 5.32 Å². The fourth-order valence-corrected chi connectivity index (χ4v) is 3.13. The van der Waals surface area contributed by atoms with E-state index in [9.17, 15) is 18.8 Å². The average Bonchev–Trinajstić information content (AvgIpc) is 3.00. The summed E-state index contributed by atoms with van der Waals surface area (Å²) < 4.78 is 13.7. The fourth-order valence-electron chi connectivity index (χ4n) is 2.22. The smallest absolute Gasteiger partial charge is 0.229 e. The highest BCUT2D eigenvalue weighted by Crippen LogP contribution is 2.26. The molecule has 3 amide bonds. The minimum Gasteiger partial charge on any atom is -0.302 e. The molecule has 1 aliphatic heterocycles. The molecule has 0 atom stereocenters. The van der Waals surface area contributed by atoms with Crippen molar-refractivity contribution in [3.05, 3.63) is 24.0 Å². The third-order valence-electron chi connectivity index (χ3n) is 3.31. The van der Waals surface area contributed by atoms with Crippen LogP contribution in [0.3, 0.4) is 0 Å². The van der Waals surface area contributed by atoms with Crippen LogP contribution in [-0.4, -0.2) is 34.2 Å². The molecule has 2 aromatic rings. The topological polar surface area (TPSA) is 79.4 Å². The number of amides is 3. The number of rotatable bonds is 4. The zero-order valence-corrected chi connectivity index (χ0v) is 12.3. The second kappa shape index (κ2) is 5.80. The molecule has 0 spiro atoms. The number of likely N-dealkylation sites (tertiary alicyclic amines) is 1. The molecule has 1 N–H and O–H groups in total. The van der Waals surface area contributed by atoms with E-state index in [4.69, 9.17) is 0 Å². The van der Waals surface area contributed by atoms with Crippen LogP contribution in [-0.2, 0) is 14.4 Å². The molecule has 3 rings (SSSR count). The van der Waals surface area contributed by atoms with Crippen molar-refractivity contribution in [2.45, 2.75) is 19.3 Å². The van der Waals surface area contributed by atoms with E-state index in [0.29, 0.717) is 15.3 Å². The van der Waals surface area contributed by atoms with Gasteiger partial charge >= 0.3 is 0 Å². The zero-order chi connectivity index (χ0) is 15.7. The number of hydrogen-bond acceptors (Lipinski definition) is 5. The van der Waals surface area contributed by atoms with Gasteiger partial charge in [0.15, 0.2) is 5.13 Å². The largest absolute Gasteiger partial charge is 0.302 e. The van der Waals surface area contributed by atoms with Crippen LogP contribution >= 0.6 is 11.3 Å². The lowest BCUT2D eigenvalue weighted by molar-refractivity contribution is -0.138. The number of benzene rings is 1. The lowest BCUT2D eigenvalue weighted by Crippen LogP contribution is -2.32. The van der Waals surface area contributed by atoms with Crippen molar-refractivity contribution in [2.75, 3.05) is 11.9 Å². The first-order valence-electron chi connectivity index (χ1n) is 6.72. The SMILES string of the molecule is O=C(CCN1C(=O)CCC1=O)Nc1nc2ccc(F)cc2s1. The summed E-state index contributed by atoms with van der Waals surface area (Å²) in [4.78, 5) is 40.0. The lowest BCUT2D eigenvalue weighted by atomic mass is 10.3. The molecule has 0 saturated carbocycles. The molecule has 0 bridgehead atoms. The second-order valence-electron chi connectivity index (χ2n) is 4.87. The van der Waals surface area contributed by atoms with Crippen LogP contribution in [0.1, 0.15) is 19.3 Å². The van der Waals surface area contributed by atoms with E-state index in [1.807, 2.05) is 0 Å². The molecule has 2 heterocycles. The molecule has 1 fully saturated rings. The van der Waals surface area contributed by atoms with Crippen LogP contribution in [0.15, 0.2) is 18.2 Å². The van der Waals surface area contributed by atoms with Crippen LogP contribution in [0.2, 0.25) is 0 Å². The van der Waals surface area contributed by atoms with Crippen molar-refractivity contribution in [3.63, 3.8) is 0 Å². The molecule has 0 unspecified atom stereocenters. The van der Waals surface area contributed by atoms with Crippen LogP contribution in [0.4, 0.5) is 9.52 Å². The number of carbonyl (C=O) groups excluding carboxylic acids is 3. The summed E-state index contributed by atoms with van der Waals surface area (Å²) >= 11 is 1.17. The van der Waals surface area contributed by atoms with E-state index < -0.39 is 0 Å². The fraction of sp³-hybridized carbons (Fsp3) is 0.286. The maximum absolute atomic E-state index is 13.1. The number of nitrogens with one attached hydrogen (secondary N) is 1. The van der Waals surface area contributed by atoms with E-state index >= 15 is 0 Å². The second-order valence-corrected chi connectivity index (χ2v) is 5.90. The van der Waals surface area contributed by atoms with Gasteiger partial charge in [-0.2, -0.15) is 0 Å². The number of thiazole rings is 1. The summed E-state index contributed by atoms with van der Waals surface area (Å²) in [6, 6.07) is 4.20. The minimum atomic E-state index is -0.361. The first-order valence-corrected chi connectivity index (χ1v) is 7.54. The predicted molar refractivity (Wildman–Crippen MR) is 78.8 cm³/mol. The van der Waals surface area contributed by atoms with Gasteiger partial charge in [-0.3, -0.25) is 19.3 Å². The summed E-state index contributed by atoms with van der Waals surface area (Å²) in [5, 5.41) is 2.97. The van der Waals surface area contributed by atoms with Gasteiger partial charge in [-0.25, -0.2) is 9.37 Å². The Hall–Kier alpha value is -2.35. The number of anilines is 1. The normalized spacial score (nSPS) is 14.9. The van der Waals surface area contributed by atoms with E-state index in [1.54, 1.807) is 6.07 Å². The van der Waals surface area contributed by atoms with Gasteiger partial charge < -0.3 is 5.32 Å². The standard InChI is InChI=1S/C14H12FN3O3S/c15-8-1-2-9-10(7-8)22-14(16-9)17-11(19)5-6-18-12(20)3-4-13(18)21/h1-2,7H,3-6H2,(H,16,17,19). The van der Waals surface area contributed by atoms with Gasteiger partial charge in [0.1, 0.15) is 5.82 Å². The van der Waals surface area contributed by atoms with Gasteiger partial charge in [0.2, 0.25) is 17.7 Å². The minimum absolute atomic E-state index is 0.0156. The van der Waals surface area contributed by atoms with Crippen molar-refractivity contribution in [1.29, 1.82) is 0 Å². The number of carbonyl (C=O) groups is 3. The Morgan fingerprint density at radius 2 is 2.05 bits per heavy atom. The monoisotopic (exact) mass is 321 g/mol. The predicted octanol–water partition coefficient (Wildman–Crippen LogP) is 1.91. The molecule has 8 heteroatoms. The highest BCUT2D eigenvalue weighted by molar-refractivity contribution is 7.22. The summed E-state index contributed by atoms with van der Waals surface area (Å²) in [5.41, 5.74) is 0.603. The molecular formula is C14H12FN3O3S. The Morgan fingerprint density at radius 1 is 1.32 bits per heavy atom. The van der Waals surface area contributed by atoms with E-state index in [-0.39, 0.29) is 49.3 Å². The molecule has 1 aromatic carbocycles. The number of imide groups is 1. The van der Waals surface area contributed by atoms with Crippen molar-refractivity contribution >= 4 is 44.4 Å². The van der Waals surface area contributed by atoms with Crippen molar-refractivity contribution in [2.24, 2.45) is 0 Å². The molecule has 1 saturated heterocycles. The maximum atomic E-state index is 13.1. The Kier molecular flexibility index (Phi) is 3.84. The lowest BCUT2D eigenvalue weighted by Gasteiger charge is -2.12. The molecule has 0 radical (unpaired) electrons. The number of halogens is 1. The van der Waals surface area contributed by atoms with E-state index in [2.05, 4.69) is 10.3 Å². The Labute approximate surface area is 128 Å². The Balaban J connectivity index is 1.61. The Bertz CT molecular complexity index is 758. The molecule has 1 aliphatic rings. The number of fused-ring (bicyclic) bond motifs is 1. The van der Waals surface area contributed by atoms with Gasteiger partial charge in [0.05, 0.1) is 10.2 Å². The van der Waals surface area contributed by atoms with Gasteiger partial charge in [0, 0.05) is 25.8 Å². The summed E-state index contributed by atoms with van der Waals surface area (Å²) in [5.74, 6) is -1.19. The quantitative estimate of drug-likeness (QED) is 0.873. The number of aromatic nitrogens is 1. The molecule has 22 heavy (non-hydrogen) atoms. The highest BCUT2D eigenvalue weighted by atomic mass is 32.1. The van der Waals surface area contributed by atoms with Gasteiger partial charge in [-0.1, -0.05) is 11.3 Å². The van der Waals surface area contributed by atoms with Crippen LogP contribution in [0, 0.1) is 5.82 Å². The first kappa shape index (κ1) is 14.6. The van der Waals surface area contributed by atoms with Crippen molar-refractivity contribution in [3.8, 4) is 0 Å². The Morgan fingerprint density at radius 3 is 2.77 bits per heavy atom. The third-order valence-corrected chi connectivity index (χ3v) is 4.25. The average molecular weight is 321 g/mol.